The Morgan fingerprint density at radius 1 is 0.919 bits per heavy atom. The first-order valence-electron chi connectivity index (χ1n) is 12.1. The highest BCUT2D eigenvalue weighted by Crippen LogP contribution is 2.26. The number of carbonyl (C=O) groups excluding carboxylic acids is 2. The molecule has 4 rings (SSSR count). The van der Waals surface area contributed by atoms with Crippen LogP contribution in [0.5, 0.6) is 5.75 Å². The van der Waals surface area contributed by atoms with Crippen molar-refractivity contribution in [1.29, 1.82) is 0 Å². The summed E-state index contributed by atoms with van der Waals surface area (Å²) >= 11 is 0. The average molecular weight is 498 g/mol. The first-order valence-corrected chi connectivity index (χ1v) is 12.1. The van der Waals surface area contributed by atoms with E-state index in [4.69, 9.17) is 9.84 Å². The number of urea groups is 1. The fraction of sp³-hybridized carbons (Fsp3) is 0.207. The molecule has 0 bridgehead atoms. The molecule has 190 valence electrons. The normalized spacial score (nSPS) is 10.7. The van der Waals surface area contributed by atoms with Crippen LogP contribution >= 0.6 is 0 Å². The van der Waals surface area contributed by atoms with Gasteiger partial charge in [0.1, 0.15) is 18.1 Å². The van der Waals surface area contributed by atoms with E-state index in [0.29, 0.717) is 23.7 Å². The van der Waals surface area contributed by atoms with E-state index in [0.717, 1.165) is 17.0 Å². The van der Waals surface area contributed by atoms with Gasteiger partial charge < -0.3 is 20.3 Å². The van der Waals surface area contributed by atoms with Crippen molar-refractivity contribution < 1.29 is 14.3 Å². The van der Waals surface area contributed by atoms with Crippen LogP contribution in [-0.2, 0) is 4.79 Å². The smallest absolute Gasteiger partial charge is 0.322 e. The van der Waals surface area contributed by atoms with Crippen molar-refractivity contribution in [1.82, 2.24) is 14.7 Å². The van der Waals surface area contributed by atoms with Crippen LogP contribution in [0.25, 0.3) is 16.9 Å². The lowest BCUT2D eigenvalue weighted by Crippen LogP contribution is -2.42. The van der Waals surface area contributed by atoms with Crippen molar-refractivity contribution in [3.8, 4) is 22.7 Å². The fourth-order valence-corrected chi connectivity index (χ4v) is 3.88. The quantitative estimate of drug-likeness (QED) is 0.312. The molecule has 8 nitrogen and oxygen atoms in total. The number of nitrogens with zero attached hydrogens (tertiary/aromatic N) is 3. The minimum absolute atomic E-state index is 0.106. The third-order valence-electron chi connectivity index (χ3n) is 5.60. The third-order valence-corrected chi connectivity index (χ3v) is 5.60. The average Bonchev–Trinajstić information content (AvgIpc) is 3.32. The second-order valence-electron chi connectivity index (χ2n) is 9.01. The predicted molar refractivity (Wildman–Crippen MR) is 146 cm³/mol. The van der Waals surface area contributed by atoms with Gasteiger partial charge in [0.2, 0.25) is 5.91 Å². The number of anilines is 2. The van der Waals surface area contributed by atoms with Gasteiger partial charge in [0, 0.05) is 23.9 Å². The van der Waals surface area contributed by atoms with Crippen LogP contribution in [0.4, 0.5) is 16.3 Å². The van der Waals surface area contributed by atoms with Gasteiger partial charge >= 0.3 is 6.03 Å². The third kappa shape index (κ3) is 6.76. The molecule has 1 aromatic heterocycles. The maximum Gasteiger partial charge on any atom is 0.322 e. The molecule has 0 radical (unpaired) electrons. The van der Waals surface area contributed by atoms with Crippen molar-refractivity contribution in [2.75, 3.05) is 30.8 Å². The van der Waals surface area contributed by atoms with Gasteiger partial charge in [-0.2, -0.15) is 5.10 Å². The summed E-state index contributed by atoms with van der Waals surface area (Å²) < 4.78 is 6.95. The number of para-hydroxylation sites is 1. The van der Waals surface area contributed by atoms with Crippen LogP contribution in [0, 0.1) is 5.92 Å². The van der Waals surface area contributed by atoms with E-state index in [-0.39, 0.29) is 24.4 Å². The zero-order valence-electron chi connectivity index (χ0n) is 21.2. The molecule has 2 N–H and O–H groups in total. The molecule has 1 heterocycles. The highest BCUT2D eigenvalue weighted by molar-refractivity contribution is 5.97. The van der Waals surface area contributed by atoms with Gasteiger partial charge in [0.25, 0.3) is 0 Å². The second kappa shape index (κ2) is 11.9. The molecule has 8 heteroatoms. The summed E-state index contributed by atoms with van der Waals surface area (Å²) in [6.45, 7) is 4.33. The summed E-state index contributed by atoms with van der Waals surface area (Å²) in [5.41, 5.74) is 3.08. The zero-order valence-corrected chi connectivity index (χ0v) is 21.2. The van der Waals surface area contributed by atoms with Gasteiger partial charge in [-0.1, -0.05) is 62.4 Å². The molecular weight excluding hydrogens is 466 g/mol. The maximum absolute atomic E-state index is 13.2. The molecule has 3 aromatic carbocycles. The Kier molecular flexibility index (Phi) is 8.20. The van der Waals surface area contributed by atoms with Gasteiger partial charge in [-0.15, -0.1) is 0 Å². The predicted octanol–water partition coefficient (Wildman–Crippen LogP) is 5.68. The first kappa shape index (κ1) is 25.5. The number of hydrogen-bond donors (Lipinski definition) is 2. The summed E-state index contributed by atoms with van der Waals surface area (Å²) in [5, 5.41) is 10.6. The zero-order chi connectivity index (χ0) is 26.2. The highest BCUT2D eigenvalue weighted by atomic mass is 16.5. The molecule has 0 spiro atoms. The molecule has 0 fully saturated rings. The highest BCUT2D eigenvalue weighted by Gasteiger charge is 2.20. The molecule has 0 aliphatic carbocycles. The first-order chi connectivity index (χ1) is 17.9. The summed E-state index contributed by atoms with van der Waals surface area (Å²) in [6, 6.07) is 27.8. The summed E-state index contributed by atoms with van der Waals surface area (Å²) in [6.07, 6.45) is 0. The topological polar surface area (TPSA) is 88.5 Å². The summed E-state index contributed by atoms with van der Waals surface area (Å²) in [7, 11) is 1.61. The second-order valence-corrected chi connectivity index (χ2v) is 9.01. The number of rotatable bonds is 9. The van der Waals surface area contributed by atoms with E-state index < -0.39 is 0 Å². The number of ether oxygens (including phenoxy) is 1. The molecule has 0 atom stereocenters. The Balaban J connectivity index is 1.57. The SMILES string of the molecule is COc1ccc(-n2nc(-c3ccccc3)cc2NC(=O)CN(CC(C)C)C(=O)Nc2ccccc2)cc1. The van der Waals surface area contributed by atoms with Gasteiger partial charge in [0.15, 0.2) is 0 Å². The van der Waals surface area contributed by atoms with Gasteiger partial charge in [-0.3, -0.25) is 4.79 Å². The Labute approximate surface area is 216 Å². The molecule has 37 heavy (non-hydrogen) atoms. The minimum atomic E-state index is -0.330. The number of carbonyl (C=O) groups is 2. The lowest BCUT2D eigenvalue weighted by atomic mass is 10.1. The molecule has 0 saturated carbocycles. The van der Waals surface area contributed by atoms with Crippen LogP contribution in [0.3, 0.4) is 0 Å². The number of aromatic nitrogens is 2. The van der Waals surface area contributed by atoms with Crippen molar-refractivity contribution in [2.45, 2.75) is 13.8 Å². The Morgan fingerprint density at radius 3 is 2.19 bits per heavy atom. The van der Waals surface area contributed by atoms with E-state index >= 15 is 0 Å². The van der Waals surface area contributed by atoms with E-state index in [1.165, 1.54) is 4.90 Å². The molecule has 3 amide bonds. The van der Waals surface area contributed by atoms with Crippen molar-refractivity contribution in [3.05, 3.63) is 91.0 Å². The van der Waals surface area contributed by atoms with Gasteiger partial charge in [-0.05, 0) is 42.3 Å². The van der Waals surface area contributed by atoms with Crippen LogP contribution in [-0.4, -0.2) is 46.8 Å². The number of methoxy groups -OCH3 is 1. The lowest BCUT2D eigenvalue weighted by Gasteiger charge is -2.24. The Bertz CT molecular complexity index is 1320. The van der Waals surface area contributed by atoms with Crippen LogP contribution in [0.2, 0.25) is 0 Å². The molecule has 4 aromatic rings. The summed E-state index contributed by atoms with van der Waals surface area (Å²) in [4.78, 5) is 27.7. The van der Waals surface area contributed by atoms with Crippen LogP contribution in [0.15, 0.2) is 91.0 Å². The minimum Gasteiger partial charge on any atom is -0.497 e. The molecular formula is C29H31N5O3. The van der Waals surface area contributed by atoms with E-state index in [9.17, 15) is 9.59 Å². The number of hydrogen-bond acceptors (Lipinski definition) is 4. The molecule has 0 saturated heterocycles. The molecule has 0 unspecified atom stereocenters. The van der Waals surface area contributed by atoms with Gasteiger partial charge in [-0.25, -0.2) is 9.48 Å². The van der Waals surface area contributed by atoms with E-state index in [1.54, 1.807) is 11.8 Å². The number of amides is 3. The number of nitrogens with one attached hydrogen (secondary N) is 2. The lowest BCUT2D eigenvalue weighted by molar-refractivity contribution is -0.116. The van der Waals surface area contributed by atoms with E-state index in [2.05, 4.69) is 10.6 Å². The van der Waals surface area contributed by atoms with Crippen LogP contribution in [0.1, 0.15) is 13.8 Å². The standard InChI is InChI=1S/C29H31N5O3/c1-21(2)19-33(29(36)30-23-12-8-5-9-13-23)20-28(35)31-27-18-26(22-10-6-4-7-11-22)32-34(27)24-14-16-25(37-3)17-15-24/h4-18,21H,19-20H2,1-3H3,(H,30,36)(H,31,35). The van der Waals surface area contributed by atoms with Crippen molar-refractivity contribution in [2.24, 2.45) is 5.92 Å². The largest absolute Gasteiger partial charge is 0.497 e. The molecule has 0 aliphatic rings. The Morgan fingerprint density at radius 2 is 1.57 bits per heavy atom. The van der Waals surface area contributed by atoms with E-state index in [1.807, 2.05) is 105 Å². The summed E-state index contributed by atoms with van der Waals surface area (Å²) in [5.74, 6) is 1.09. The van der Waals surface area contributed by atoms with Crippen molar-refractivity contribution in [3.63, 3.8) is 0 Å². The Hall–Kier alpha value is -4.59. The van der Waals surface area contributed by atoms with Gasteiger partial charge in [0.05, 0.1) is 18.5 Å². The van der Waals surface area contributed by atoms with Crippen LogP contribution < -0.4 is 15.4 Å². The maximum atomic E-state index is 13.2. The number of benzene rings is 3. The fourth-order valence-electron chi connectivity index (χ4n) is 3.88. The monoisotopic (exact) mass is 497 g/mol. The molecule has 0 aliphatic heterocycles. The van der Waals surface area contributed by atoms with Crippen molar-refractivity contribution >= 4 is 23.4 Å².